The number of hydrogen-bond acceptors (Lipinski definition) is 2. The average Bonchev–Trinajstić information content (AvgIpc) is 2.35. The average molecular weight is 248 g/mol. The second-order valence-corrected chi connectivity index (χ2v) is 4.88. The Morgan fingerprint density at radius 3 is 2.44 bits per heavy atom. The molecule has 0 radical (unpaired) electrons. The van der Waals surface area contributed by atoms with Gasteiger partial charge in [-0.05, 0) is 49.9 Å². The summed E-state index contributed by atoms with van der Waals surface area (Å²) in [6.07, 6.45) is 4.50. The van der Waals surface area contributed by atoms with Gasteiger partial charge in [-0.15, -0.1) is 0 Å². The van der Waals surface area contributed by atoms with Crippen LogP contribution in [0.15, 0.2) is 12.1 Å². The quantitative estimate of drug-likeness (QED) is 0.552. The smallest absolute Gasteiger partial charge is 0.338 e. The van der Waals surface area contributed by atoms with E-state index in [4.69, 9.17) is 4.74 Å². The number of esters is 1. The van der Waals surface area contributed by atoms with Crippen molar-refractivity contribution < 1.29 is 9.53 Å². The van der Waals surface area contributed by atoms with Gasteiger partial charge in [-0.3, -0.25) is 0 Å². The summed E-state index contributed by atoms with van der Waals surface area (Å²) in [6, 6.07) is 3.85. The molecule has 0 spiro atoms. The van der Waals surface area contributed by atoms with Crippen LogP contribution < -0.4 is 0 Å². The lowest BCUT2D eigenvalue weighted by molar-refractivity contribution is 0.0497. The molecular weight excluding hydrogens is 224 g/mol. The van der Waals surface area contributed by atoms with Crippen molar-refractivity contribution >= 4 is 5.97 Å². The molecule has 1 aromatic rings. The molecule has 0 aliphatic carbocycles. The summed E-state index contributed by atoms with van der Waals surface area (Å²) in [5, 5.41) is 0. The molecule has 0 atom stereocenters. The first-order valence-corrected chi connectivity index (χ1v) is 6.81. The normalized spacial score (nSPS) is 10.4. The van der Waals surface area contributed by atoms with E-state index in [1.54, 1.807) is 0 Å². The lowest BCUT2D eigenvalue weighted by Gasteiger charge is -2.11. The number of unbranched alkanes of at least 4 members (excludes halogenated alkanes) is 3. The number of hydrogen-bond donors (Lipinski definition) is 0. The molecule has 0 amide bonds. The summed E-state index contributed by atoms with van der Waals surface area (Å²) in [5.41, 5.74) is 4.13. The first kappa shape index (κ1) is 14.7. The molecule has 100 valence electrons. The molecule has 18 heavy (non-hydrogen) atoms. The van der Waals surface area contributed by atoms with Gasteiger partial charge in [-0.1, -0.05) is 32.3 Å². The fraction of sp³-hybridized carbons (Fsp3) is 0.562. The summed E-state index contributed by atoms with van der Waals surface area (Å²) >= 11 is 0. The third-order valence-electron chi connectivity index (χ3n) is 3.51. The number of carbonyl (C=O) groups is 1. The van der Waals surface area contributed by atoms with E-state index in [0.29, 0.717) is 12.2 Å². The van der Waals surface area contributed by atoms with Gasteiger partial charge in [-0.2, -0.15) is 0 Å². The van der Waals surface area contributed by atoms with Gasteiger partial charge in [0.1, 0.15) is 0 Å². The second kappa shape index (κ2) is 7.20. The zero-order valence-corrected chi connectivity index (χ0v) is 12.0. The highest BCUT2D eigenvalue weighted by Gasteiger charge is 2.12. The summed E-state index contributed by atoms with van der Waals surface area (Å²) in [6.45, 7) is 8.79. The fourth-order valence-electron chi connectivity index (χ4n) is 1.95. The van der Waals surface area contributed by atoms with Crippen LogP contribution in [0.4, 0.5) is 0 Å². The molecule has 0 saturated heterocycles. The maximum atomic E-state index is 11.9. The van der Waals surface area contributed by atoms with Gasteiger partial charge in [0.25, 0.3) is 0 Å². The van der Waals surface area contributed by atoms with Crippen LogP contribution in [-0.2, 0) is 4.74 Å². The topological polar surface area (TPSA) is 26.3 Å². The van der Waals surface area contributed by atoms with Crippen molar-refractivity contribution in [2.45, 2.75) is 53.4 Å². The van der Waals surface area contributed by atoms with Crippen LogP contribution in [0, 0.1) is 20.8 Å². The Morgan fingerprint density at radius 1 is 1.06 bits per heavy atom. The van der Waals surface area contributed by atoms with E-state index < -0.39 is 0 Å². The molecule has 0 bridgehead atoms. The van der Waals surface area contributed by atoms with E-state index >= 15 is 0 Å². The predicted octanol–water partition coefficient (Wildman–Crippen LogP) is 4.35. The molecule has 0 aromatic heterocycles. The summed E-state index contributed by atoms with van der Waals surface area (Å²) in [7, 11) is 0. The number of benzene rings is 1. The molecule has 0 saturated carbocycles. The fourth-order valence-corrected chi connectivity index (χ4v) is 1.95. The molecule has 0 heterocycles. The lowest BCUT2D eigenvalue weighted by Crippen LogP contribution is -2.09. The first-order valence-electron chi connectivity index (χ1n) is 6.81. The Morgan fingerprint density at radius 2 is 1.78 bits per heavy atom. The van der Waals surface area contributed by atoms with Gasteiger partial charge in [0.15, 0.2) is 0 Å². The molecule has 0 fully saturated rings. The molecular formula is C16H24O2. The molecule has 0 N–H and O–H groups in total. The molecule has 0 aliphatic heterocycles. The van der Waals surface area contributed by atoms with Crippen molar-refractivity contribution in [1.82, 2.24) is 0 Å². The van der Waals surface area contributed by atoms with Crippen LogP contribution in [0.3, 0.4) is 0 Å². The van der Waals surface area contributed by atoms with Gasteiger partial charge in [0, 0.05) is 0 Å². The van der Waals surface area contributed by atoms with Crippen molar-refractivity contribution in [2.75, 3.05) is 6.61 Å². The zero-order chi connectivity index (χ0) is 13.5. The standard InChI is InChI=1S/C16H24O2/c1-5-6-7-8-11-18-16(17)15-10-9-12(2)13(3)14(15)4/h9-10H,5-8,11H2,1-4H3. The van der Waals surface area contributed by atoms with E-state index in [1.807, 2.05) is 26.0 Å². The van der Waals surface area contributed by atoms with Gasteiger partial charge < -0.3 is 4.74 Å². The maximum absolute atomic E-state index is 11.9. The van der Waals surface area contributed by atoms with E-state index in [0.717, 1.165) is 18.4 Å². The number of ether oxygens (including phenoxy) is 1. The van der Waals surface area contributed by atoms with E-state index in [1.165, 1.54) is 24.0 Å². The van der Waals surface area contributed by atoms with Gasteiger partial charge in [0.05, 0.1) is 12.2 Å². The van der Waals surface area contributed by atoms with Crippen molar-refractivity contribution in [2.24, 2.45) is 0 Å². The van der Waals surface area contributed by atoms with Crippen molar-refractivity contribution in [3.63, 3.8) is 0 Å². The molecule has 1 aromatic carbocycles. The monoisotopic (exact) mass is 248 g/mol. The first-order chi connectivity index (χ1) is 8.57. The SMILES string of the molecule is CCCCCCOC(=O)c1ccc(C)c(C)c1C. The number of aryl methyl sites for hydroxylation is 1. The van der Waals surface area contributed by atoms with Crippen molar-refractivity contribution in [1.29, 1.82) is 0 Å². The van der Waals surface area contributed by atoms with E-state index in [9.17, 15) is 4.79 Å². The lowest BCUT2D eigenvalue weighted by atomic mass is 9.99. The Hall–Kier alpha value is -1.31. The Labute approximate surface area is 110 Å². The Kier molecular flexibility index (Phi) is 5.90. The highest BCUT2D eigenvalue weighted by Crippen LogP contribution is 2.18. The zero-order valence-electron chi connectivity index (χ0n) is 12.0. The van der Waals surface area contributed by atoms with Gasteiger partial charge >= 0.3 is 5.97 Å². The minimum absolute atomic E-state index is 0.188. The summed E-state index contributed by atoms with van der Waals surface area (Å²) in [5.74, 6) is -0.188. The highest BCUT2D eigenvalue weighted by molar-refractivity contribution is 5.91. The highest BCUT2D eigenvalue weighted by atomic mass is 16.5. The number of rotatable bonds is 6. The molecule has 1 rings (SSSR count). The van der Waals surface area contributed by atoms with E-state index in [2.05, 4.69) is 13.8 Å². The van der Waals surface area contributed by atoms with Crippen LogP contribution in [0.25, 0.3) is 0 Å². The minimum atomic E-state index is -0.188. The van der Waals surface area contributed by atoms with Crippen LogP contribution in [0.5, 0.6) is 0 Å². The molecule has 0 unspecified atom stereocenters. The van der Waals surface area contributed by atoms with E-state index in [-0.39, 0.29) is 5.97 Å². The Bertz CT molecular complexity index is 408. The summed E-state index contributed by atoms with van der Waals surface area (Å²) in [4.78, 5) is 11.9. The third-order valence-corrected chi connectivity index (χ3v) is 3.51. The number of carbonyl (C=O) groups excluding carboxylic acids is 1. The Balaban J connectivity index is 2.54. The van der Waals surface area contributed by atoms with Crippen molar-refractivity contribution in [3.05, 3.63) is 34.4 Å². The van der Waals surface area contributed by atoms with Crippen LogP contribution in [0.2, 0.25) is 0 Å². The van der Waals surface area contributed by atoms with Crippen LogP contribution >= 0.6 is 0 Å². The predicted molar refractivity (Wildman–Crippen MR) is 75.1 cm³/mol. The second-order valence-electron chi connectivity index (χ2n) is 4.88. The van der Waals surface area contributed by atoms with Crippen LogP contribution in [0.1, 0.15) is 59.7 Å². The summed E-state index contributed by atoms with van der Waals surface area (Å²) < 4.78 is 5.31. The van der Waals surface area contributed by atoms with Gasteiger partial charge in [-0.25, -0.2) is 4.79 Å². The maximum Gasteiger partial charge on any atom is 0.338 e. The largest absolute Gasteiger partial charge is 0.462 e. The van der Waals surface area contributed by atoms with Crippen LogP contribution in [-0.4, -0.2) is 12.6 Å². The van der Waals surface area contributed by atoms with Crippen molar-refractivity contribution in [3.8, 4) is 0 Å². The van der Waals surface area contributed by atoms with Gasteiger partial charge in [0.2, 0.25) is 0 Å². The third kappa shape index (κ3) is 3.86. The molecule has 2 nitrogen and oxygen atoms in total. The molecule has 0 aliphatic rings. The molecule has 2 heteroatoms. The minimum Gasteiger partial charge on any atom is -0.462 e.